The van der Waals surface area contributed by atoms with Crippen LogP contribution in [0.4, 0.5) is 4.79 Å². The Labute approximate surface area is 181 Å². The average molecular weight is 425 g/mol. The summed E-state index contributed by atoms with van der Waals surface area (Å²) < 4.78 is 15.6. The van der Waals surface area contributed by atoms with E-state index in [9.17, 15) is 14.4 Å². The van der Waals surface area contributed by atoms with Crippen molar-refractivity contribution < 1.29 is 28.6 Å². The number of methoxy groups -OCH3 is 1. The number of hydrogen-bond acceptors (Lipinski definition) is 6. The molecule has 0 spiro atoms. The van der Waals surface area contributed by atoms with Crippen LogP contribution < -0.4 is 10.1 Å². The molecule has 0 aliphatic heterocycles. The Hall–Kier alpha value is -3.35. The zero-order chi connectivity index (χ0) is 22.6. The van der Waals surface area contributed by atoms with Gasteiger partial charge in [0.1, 0.15) is 17.4 Å². The van der Waals surface area contributed by atoms with Crippen LogP contribution >= 0.6 is 0 Å². The molecule has 1 aliphatic carbocycles. The van der Waals surface area contributed by atoms with Crippen molar-refractivity contribution >= 4 is 18.0 Å². The van der Waals surface area contributed by atoms with Gasteiger partial charge in [-0.3, -0.25) is 4.79 Å². The molecule has 7 heteroatoms. The van der Waals surface area contributed by atoms with Gasteiger partial charge in [0.15, 0.2) is 0 Å². The van der Waals surface area contributed by atoms with Gasteiger partial charge < -0.3 is 19.5 Å². The van der Waals surface area contributed by atoms with Crippen molar-refractivity contribution in [2.75, 3.05) is 7.11 Å². The van der Waals surface area contributed by atoms with E-state index in [4.69, 9.17) is 9.47 Å². The highest BCUT2D eigenvalue weighted by Crippen LogP contribution is 2.42. The molecule has 0 unspecified atom stereocenters. The lowest BCUT2D eigenvalue weighted by molar-refractivity contribution is -0.141. The molecule has 1 aliphatic rings. The summed E-state index contributed by atoms with van der Waals surface area (Å²) in [5.41, 5.74) is 3.39. The molecule has 0 radical (unpaired) electrons. The Morgan fingerprint density at radius 2 is 1.74 bits per heavy atom. The minimum atomic E-state index is -1.07. The molecule has 2 aromatic rings. The van der Waals surface area contributed by atoms with Gasteiger partial charge in [0.25, 0.3) is 0 Å². The quantitative estimate of drug-likeness (QED) is 0.474. The number of amides is 1. The van der Waals surface area contributed by atoms with Crippen LogP contribution in [-0.4, -0.2) is 36.8 Å². The van der Waals surface area contributed by atoms with Crippen molar-refractivity contribution in [1.82, 2.24) is 5.32 Å². The molecular formula is C24H27NO6. The Morgan fingerprint density at radius 1 is 1.03 bits per heavy atom. The monoisotopic (exact) mass is 425 g/mol. The molecule has 0 saturated carbocycles. The van der Waals surface area contributed by atoms with E-state index in [1.165, 1.54) is 7.11 Å². The normalized spacial score (nSPS) is 12.9. The second kappa shape index (κ2) is 9.20. The Kier molecular flexibility index (Phi) is 6.63. The zero-order valence-corrected chi connectivity index (χ0v) is 18.2. The van der Waals surface area contributed by atoms with Gasteiger partial charge in [0.2, 0.25) is 0 Å². The molecule has 0 fully saturated rings. The van der Waals surface area contributed by atoms with Crippen LogP contribution in [0.3, 0.4) is 0 Å². The fraction of sp³-hybridized carbons (Fsp3) is 0.375. The lowest BCUT2D eigenvalue weighted by Crippen LogP contribution is -2.45. The first kappa shape index (κ1) is 22.3. The third-order valence-corrected chi connectivity index (χ3v) is 4.83. The molecule has 0 bridgehead atoms. The van der Waals surface area contributed by atoms with Crippen LogP contribution in [0.2, 0.25) is 0 Å². The van der Waals surface area contributed by atoms with Crippen LogP contribution in [0.15, 0.2) is 42.5 Å². The van der Waals surface area contributed by atoms with Gasteiger partial charge >= 0.3 is 18.0 Å². The maximum atomic E-state index is 13.0. The van der Waals surface area contributed by atoms with Gasteiger partial charge in [-0.2, -0.15) is 0 Å². The molecule has 3 rings (SSSR count). The van der Waals surface area contributed by atoms with Gasteiger partial charge in [0.05, 0.1) is 7.11 Å². The fourth-order valence-corrected chi connectivity index (χ4v) is 3.48. The first-order valence-electron chi connectivity index (χ1n) is 10.2. The first-order chi connectivity index (χ1) is 14.7. The van der Waals surface area contributed by atoms with Crippen LogP contribution in [0, 0.1) is 0 Å². The van der Waals surface area contributed by atoms with E-state index in [-0.39, 0.29) is 12.8 Å². The number of esters is 2. The summed E-state index contributed by atoms with van der Waals surface area (Å²) in [7, 11) is 1.27. The lowest BCUT2D eigenvalue weighted by atomic mass is 10.0. The highest BCUT2D eigenvalue weighted by Gasteiger charge is 2.29. The molecule has 1 amide bonds. The number of hydrogen-bond donors (Lipinski definition) is 1. The summed E-state index contributed by atoms with van der Waals surface area (Å²) in [5.74, 6) is -0.743. The minimum Gasteiger partial charge on any atom is -0.469 e. The molecule has 1 N–H and O–H groups in total. The predicted octanol–water partition coefficient (Wildman–Crippen LogP) is 4.01. The van der Waals surface area contributed by atoms with Gasteiger partial charge in [-0.1, -0.05) is 36.4 Å². The third-order valence-electron chi connectivity index (χ3n) is 4.83. The standard InChI is InChI=1S/C24H27NO6/c1-24(2,3)31-23(28)25-18(12-13-20(26)29-4)22(27)30-19-11-7-9-16-14-15-8-5-6-10-17(15)21(16)19/h5-11,18H,12-14H2,1-4H3,(H,25,28)/t18-/m0/s1. The SMILES string of the molecule is COC(=O)CC[C@H](NC(=O)OC(C)(C)C)C(=O)Oc1cccc2c1-c1ccccc1C2. The Bertz CT molecular complexity index is 992. The largest absolute Gasteiger partial charge is 0.469 e. The van der Waals surface area contributed by atoms with Crippen molar-refractivity contribution in [3.63, 3.8) is 0 Å². The number of rotatable bonds is 6. The third kappa shape index (κ3) is 5.63. The molecule has 2 aromatic carbocycles. The van der Waals surface area contributed by atoms with Crippen LogP contribution in [0.5, 0.6) is 5.75 Å². The number of carbonyl (C=O) groups is 3. The summed E-state index contributed by atoms with van der Waals surface area (Å²) in [6.07, 6.45) is -0.0280. The smallest absolute Gasteiger partial charge is 0.408 e. The van der Waals surface area contributed by atoms with Crippen LogP contribution in [-0.2, 0) is 25.5 Å². The van der Waals surface area contributed by atoms with E-state index in [1.807, 2.05) is 36.4 Å². The van der Waals surface area contributed by atoms with E-state index >= 15 is 0 Å². The molecule has 0 saturated heterocycles. The molecule has 31 heavy (non-hydrogen) atoms. The lowest BCUT2D eigenvalue weighted by Gasteiger charge is -2.23. The number of ether oxygens (including phenoxy) is 3. The summed E-state index contributed by atoms with van der Waals surface area (Å²) >= 11 is 0. The number of benzene rings is 2. The molecule has 0 aromatic heterocycles. The summed E-state index contributed by atoms with van der Waals surface area (Å²) in [6.45, 7) is 5.16. The maximum absolute atomic E-state index is 13.0. The zero-order valence-electron chi connectivity index (χ0n) is 18.2. The number of carbonyl (C=O) groups excluding carboxylic acids is 3. The van der Waals surface area contributed by atoms with Crippen molar-refractivity contribution in [3.05, 3.63) is 53.6 Å². The second-order valence-electron chi connectivity index (χ2n) is 8.36. The van der Waals surface area contributed by atoms with Crippen LogP contribution in [0.25, 0.3) is 11.1 Å². The fourth-order valence-electron chi connectivity index (χ4n) is 3.48. The minimum absolute atomic E-state index is 0.0242. The number of fused-ring (bicyclic) bond motifs is 3. The van der Waals surface area contributed by atoms with Gasteiger partial charge in [-0.15, -0.1) is 0 Å². The van der Waals surface area contributed by atoms with Crippen LogP contribution in [0.1, 0.15) is 44.7 Å². The Morgan fingerprint density at radius 3 is 2.45 bits per heavy atom. The molecule has 0 heterocycles. The predicted molar refractivity (Wildman–Crippen MR) is 115 cm³/mol. The van der Waals surface area contributed by atoms with E-state index < -0.39 is 29.7 Å². The van der Waals surface area contributed by atoms with Gasteiger partial charge in [-0.25, -0.2) is 9.59 Å². The second-order valence-corrected chi connectivity index (χ2v) is 8.36. The van der Waals surface area contributed by atoms with Crippen molar-refractivity contribution in [2.24, 2.45) is 0 Å². The highest BCUT2D eigenvalue weighted by atomic mass is 16.6. The topological polar surface area (TPSA) is 90.9 Å². The summed E-state index contributed by atoms with van der Waals surface area (Å²) in [6, 6.07) is 12.4. The molecule has 1 atom stereocenters. The van der Waals surface area contributed by atoms with Crippen molar-refractivity contribution in [3.8, 4) is 16.9 Å². The number of alkyl carbamates (subject to hydrolysis) is 1. The maximum Gasteiger partial charge on any atom is 0.408 e. The van der Waals surface area contributed by atoms with Gasteiger partial charge in [-0.05, 0) is 56.4 Å². The average Bonchev–Trinajstić information content (AvgIpc) is 3.09. The molecule has 164 valence electrons. The van der Waals surface area contributed by atoms with Gasteiger partial charge in [0, 0.05) is 12.0 Å². The van der Waals surface area contributed by atoms with E-state index in [0.717, 1.165) is 28.7 Å². The first-order valence-corrected chi connectivity index (χ1v) is 10.2. The van der Waals surface area contributed by atoms with E-state index in [2.05, 4.69) is 10.1 Å². The number of nitrogens with one attached hydrogen (secondary N) is 1. The molecular weight excluding hydrogens is 398 g/mol. The van der Waals surface area contributed by atoms with E-state index in [1.54, 1.807) is 26.8 Å². The highest BCUT2D eigenvalue weighted by molar-refractivity contribution is 5.88. The Balaban J connectivity index is 1.80. The van der Waals surface area contributed by atoms with E-state index in [0.29, 0.717) is 5.75 Å². The van der Waals surface area contributed by atoms with Crippen molar-refractivity contribution in [2.45, 2.75) is 51.7 Å². The summed E-state index contributed by atoms with van der Waals surface area (Å²) in [4.78, 5) is 36.8. The summed E-state index contributed by atoms with van der Waals surface area (Å²) in [5, 5.41) is 2.52. The molecule has 7 nitrogen and oxygen atoms in total. The van der Waals surface area contributed by atoms with Crippen molar-refractivity contribution in [1.29, 1.82) is 0 Å².